The van der Waals surface area contributed by atoms with Crippen LogP contribution in [0, 0.1) is 0 Å². The predicted molar refractivity (Wildman–Crippen MR) is 83.1 cm³/mol. The van der Waals surface area contributed by atoms with Crippen molar-refractivity contribution in [1.29, 1.82) is 0 Å². The fourth-order valence-corrected chi connectivity index (χ4v) is 3.31. The molecular formula is C15H22Cl2N2. The summed E-state index contributed by atoms with van der Waals surface area (Å²) in [6.45, 7) is 6.53. The molecule has 0 radical (unpaired) electrons. The van der Waals surface area contributed by atoms with Crippen LogP contribution in [0.3, 0.4) is 0 Å². The van der Waals surface area contributed by atoms with Gasteiger partial charge in [0.1, 0.15) is 0 Å². The summed E-state index contributed by atoms with van der Waals surface area (Å²) < 4.78 is 0. The van der Waals surface area contributed by atoms with Crippen LogP contribution in [-0.2, 0) is 6.54 Å². The molecule has 1 aliphatic rings. The summed E-state index contributed by atoms with van der Waals surface area (Å²) in [6, 6.07) is 6.45. The molecule has 106 valence electrons. The predicted octanol–water partition coefficient (Wildman–Crippen LogP) is 3.96. The summed E-state index contributed by atoms with van der Waals surface area (Å²) in [7, 11) is 0. The van der Waals surface area contributed by atoms with Gasteiger partial charge in [0.25, 0.3) is 0 Å². The second-order valence-electron chi connectivity index (χ2n) is 5.31. The summed E-state index contributed by atoms with van der Waals surface area (Å²) in [5.74, 6) is 0. The van der Waals surface area contributed by atoms with Crippen molar-refractivity contribution < 1.29 is 0 Å². The van der Waals surface area contributed by atoms with E-state index in [4.69, 9.17) is 23.2 Å². The first-order chi connectivity index (χ1) is 9.17. The summed E-state index contributed by atoms with van der Waals surface area (Å²) in [5.41, 5.74) is 1.20. The van der Waals surface area contributed by atoms with E-state index in [1.165, 1.54) is 24.8 Å². The Kier molecular flexibility index (Phi) is 5.96. The summed E-state index contributed by atoms with van der Waals surface area (Å²) in [4.78, 5) is 2.49. The Morgan fingerprint density at radius 3 is 2.58 bits per heavy atom. The van der Waals surface area contributed by atoms with Gasteiger partial charge in [-0.1, -0.05) is 30.1 Å². The first-order valence-corrected chi connectivity index (χ1v) is 7.83. The Morgan fingerprint density at radius 2 is 2.00 bits per heavy atom. The Labute approximate surface area is 126 Å². The normalized spacial score (nSPS) is 19.3. The lowest BCUT2D eigenvalue weighted by Crippen LogP contribution is -2.37. The van der Waals surface area contributed by atoms with Gasteiger partial charge in [-0.15, -0.1) is 0 Å². The molecule has 1 aromatic carbocycles. The van der Waals surface area contributed by atoms with E-state index in [-0.39, 0.29) is 0 Å². The molecule has 1 saturated heterocycles. The van der Waals surface area contributed by atoms with Crippen molar-refractivity contribution in [1.82, 2.24) is 10.2 Å². The van der Waals surface area contributed by atoms with Crippen LogP contribution < -0.4 is 5.32 Å². The molecule has 1 unspecified atom stereocenters. The molecule has 0 saturated carbocycles. The van der Waals surface area contributed by atoms with E-state index in [9.17, 15) is 0 Å². The second-order valence-corrected chi connectivity index (χ2v) is 6.18. The topological polar surface area (TPSA) is 15.3 Å². The Bertz CT molecular complexity index is 383. The van der Waals surface area contributed by atoms with Gasteiger partial charge in [-0.2, -0.15) is 0 Å². The Morgan fingerprint density at radius 1 is 1.26 bits per heavy atom. The first kappa shape index (κ1) is 15.1. The van der Waals surface area contributed by atoms with E-state index in [0.717, 1.165) is 36.2 Å². The minimum Gasteiger partial charge on any atom is -0.313 e. The maximum atomic E-state index is 6.07. The molecule has 0 aliphatic carbocycles. The molecule has 0 aromatic heterocycles. The second kappa shape index (κ2) is 7.49. The monoisotopic (exact) mass is 300 g/mol. The maximum Gasteiger partial charge on any atom is 0.0424 e. The molecule has 2 rings (SSSR count). The van der Waals surface area contributed by atoms with Crippen LogP contribution in [0.4, 0.5) is 0 Å². The molecule has 0 amide bonds. The molecule has 1 atom stereocenters. The number of rotatable bonds is 6. The molecule has 1 aliphatic heterocycles. The molecule has 2 nitrogen and oxygen atoms in total. The lowest BCUT2D eigenvalue weighted by atomic mass is 10.1. The third-order valence-electron chi connectivity index (χ3n) is 3.51. The summed E-state index contributed by atoms with van der Waals surface area (Å²) >= 11 is 12.1. The molecule has 1 fully saturated rings. The quantitative estimate of drug-likeness (QED) is 0.855. The number of benzene rings is 1. The molecule has 1 N–H and O–H groups in total. The third-order valence-corrected chi connectivity index (χ3v) is 3.95. The van der Waals surface area contributed by atoms with Gasteiger partial charge in [-0.25, -0.2) is 0 Å². The van der Waals surface area contributed by atoms with Gasteiger partial charge >= 0.3 is 0 Å². The average molecular weight is 301 g/mol. The van der Waals surface area contributed by atoms with Crippen molar-refractivity contribution in [2.45, 2.75) is 38.8 Å². The van der Waals surface area contributed by atoms with E-state index >= 15 is 0 Å². The smallest absolute Gasteiger partial charge is 0.0424 e. The highest BCUT2D eigenvalue weighted by molar-refractivity contribution is 6.34. The van der Waals surface area contributed by atoms with Crippen LogP contribution >= 0.6 is 23.2 Å². The van der Waals surface area contributed by atoms with Crippen LogP contribution in [-0.4, -0.2) is 30.6 Å². The minimum atomic E-state index is 0.640. The summed E-state index contributed by atoms with van der Waals surface area (Å²) in [6.07, 6.45) is 3.76. The van der Waals surface area contributed by atoms with E-state index in [2.05, 4.69) is 17.1 Å². The highest BCUT2D eigenvalue weighted by atomic mass is 35.5. The van der Waals surface area contributed by atoms with Crippen molar-refractivity contribution in [2.75, 3.05) is 19.6 Å². The lowest BCUT2D eigenvalue weighted by Gasteiger charge is -2.25. The van der Waals surface area contributed by atoms with Gasteiger partial charge < -0.3 is 5.32 Å². The molecule has 1 heterocycles. The Hall–Kier alpha value is -0.280. The zero-order valence-electron chi connectivity index (χ0n) is 11.5. The van der Waals surface area contributed by atoms with Gasteiger partial charge in [0.05, 0.1) is 0 Å². The average Bonchev–Trinajstić information content (AvgIpc) is 2.80. The first-order valence-electron chi connectivity index (χ1n) is 7.08. The Balaban J connectivity index is 1.98. The van der Waals surface area contributed by atoms with Crippen LogP contribution in [0.15, 0.2) is 18.2 Å². The minimum absolute atomic E-state index is 0.640. The van der Waals surface area contributed by atoms with Crippen molar-refractivity contribution in [3.8, 4) is 0 Å². The molecule has 4 heteroatoms. The number of halogens is 2. The van der Waals surface area contributed by atoms with Crippen molar-refractivity contribution in [3.63, 3.8) is 0 Å². The molecule has 19 heavy (non-hydrogen) atoms. The molecule has 0 bridgehead atoms. The molecule has 0 spiro atoms. The molecular weight excluding hydrogens is 279 g/mol. The SMILES string of the molecule is CCCN(Cc1cc(Cl)cc(Cl)c1)CC1CCCN1. The van der Waals surface area contributed by atoms with Gasteiger partial charge in [0, 0.05) is 29.2 Å². The van der Waals surface area contributed by atoms with Crippen LogP contribution in [0.1, 0.15) is 31.7 Å². The van der Waals surface area contributed by atoms with E-state index in [1.807, 2.05) is 12.1 Å². The van der Waals surface area contributed by atoms with Crippen molar-refractivity contribution >= 4 is 23.2 Å². The highest BCUT2D eigenvalue weighted by Gasteiger charge is 2.17. The highest BCUT2D eigenvalue weighted by Crippen LogP contribution is 2.20. The summed E-state index contributed by atoms with van der Waals surface area (Å²) in [5, 5.41) is 5.00. The fraction of sp³-hybridized carbons (Fsp3) is 0.600. The largest absolute Gasteiger partial charge is 0.313 e. The maximum absolute atomic E-state index is 6.07. The fourth-order valence-electron chi connectivity index (χ4n) is 2.74. The number of hydrogen-bond acceptors (Lipinski definition) is 2. The number of nitrogens with zero attached hydrogens (tertiary/aromatic N) is 1. The van der Waals surface area contributed by atoms with Crippen molar-refractivity contribution in [2.24, 2.45) is 0 Å². The standard InChI is InChI=1S/C15H22Cl2N2/c1-2-6-19(11-15-4-3-5-18-15)10-12-7-13(16)9-14(17)8-12/h7-9,15,18H,2-6,10-11H2,1H3. The van der Waals surface area contributed by atoms with Gasteiger partial charge in [0.2, 0.25) is 0 Å². The van der Waals surface area contributed by atoms with Crippen LogP contribution in [0.5, 0.6) is 0 Å². The zero-order chi connectivity index (χ0) is 13.7. The molecule has 1 aromatic rings. The van der Waals surface area contributed by atoms with Gasteiger partial charge in [-0.3, -0.25) is 4.90 Å². The van der Waals surface area contributed by atoms with Crippen molar-refractivity contribution in [3.05, 3.63) is 33.8 Å². The lowest BCUT2D eigenvalue weighted by molar-refractivity contribution is 0.241. The van der Waals surface area contributed by atoms with E-state index in [1.54, 1.807) is 6.07 Å². The number of nitrogens with one attached hydrogen (secondary N) is 1. The van der Waals surface area contributed by atoms with Gasteiger partial charge in [0.15, 0.2) is 0 Å². The van der Waals surface area contributed by atoms with Gasteiger partial charge in [-0.05, 0) is 56.1 Å². The third kappa shape index (κ3) is 4.96. The van der Waals surface area contributed by atoms with E-state index < -0.39 is 0 Å². The van der Waals surface area contributed by atoms with Crippen LogP contribution in [0.25, 0.3) is 0 Å². The number of hydrogen-bond donors (Lipinski definition) is 1. The van der Waals surface area contributed by atoms with E-state index in [0.29, 0.717) is 6.04 Å². The zero-order valence-corrected chi connectivity index (χ0v) is 13.0. The van der Waals surface area contributed by atoms with Crippen LogP contribution in [0.2, 0.25) is 10.0 Å².